The molecule has 5 aliphatic rings. The molecule has 3 fully saturated rings. The lowest BCUT2D eigenvalue weighted by atomic mass is 9.45. The maximum Gasteiger partial charge on any atom is 0.182 e. The molecular weight excluding hydrogens is 492 g/mol. The molecule has 8 atom stereocenters. The van der Waals surface area contributed by atoms with Gasteiger partial charge in [0.2, 0.25) is 0 Å². The second kappa shape index (κ2) is 7.82. The summed E-state index contributed by atoms with van der Waals surface area (Å²) < 4.78 is 38.1. The number of furan rings is 1. The third-order valence-corrected chi connectivity index (χ3v) is 10.4. The molecule has 1 aromatic rings. The molecule has 2 heterocycles. The van der Waals surface area contributed by atoms with Crippen LogP contribution in [0.4, 0.5) is 8.78 Å². The molecule has 0 radical (unpaired) electrons. The van der Waals surface area contributed by atoms with Gasteiger partial charge in [-0.1, -0.05) is 13.0 Å². The average molecular weight is 522 g/mol. The number of fused-ring (bicyclic) bond motifs is 7. The fraction of sp³-hybridized carbons (Fsp3) is 0.630. The molecule has 6 rings (SSSR count). The zero-order valence-electron chi connectivity index (χ0n) is 20.3. The van der Waals surface area contributed by atoms with Crippen LogP contribution >= 0.6 is 11.6 Å². The summed E-state index contributed by atoms with van der Waals surface area (Å²) in [6.07, 6.45) is 4.45. The van der Waals surface area contributed by atoms with Gasteiger partial charge in [-0.3, -0.25) is 14.4 Å². The van der Waals surface area contributed by atoms with Crippen LogP contribution in [0.2, 0.25) is 0 Å². The third kappa shape index (κ3) is 2.82. The number of carbonyl (C=O) groups excluding carboxylic acids is 2. The number of ketones is 2. The number of halogens is 3. The van der Waals surface area contributed by atoms with Crippen LogP contribution in [-0.2, 0) is 21.0 Å². The van der Waals surface area contributed by atoms with Crippen LogP contribution in [0.25, 0.3) is 0 Å². The Morgan fingerprint density at radius 2 is 2.11 bits per heavy atom. The van der Waals surface area contributed by atoms with Crippen LogP contribution in [0, 0.1) is 28.6 Å². The van der Waals surface area contributed by atoms with E-state index in [2.05, 4.69) is 0 Å². The molecule has 0 unspecified atom stereocenters. The van der Waals surface area contributed by atoms with Crippen molar-refractivity contribution >= 4 is 23.2 Å². The molecule has 1 aromatic heterocycles. The molecule has 1 aliphatic heterocycles. The van der Waals surface area contributed by atoms with Crippen molar-refractivity contribution in [2.45, 2.75) is 63.4 Å². The van der Waals surface area contributed by atoms with Crippen molar-refractivity contribution in [3.63, 3.8) is 0 Å². The Morgan fingerprint density at radius 1 is 1.33 bits per heavy atom. The van der Waals surface area contributed by atoms with E-state index < -0.39 is 45.9 Å². The minimum Gasteiger partial charge on any atom is -0.472 e. The Morgan fingerprint density at radius 3 is 2.81 bits per heavy atom. The zero-order chi connectivity index (χ0) is 25.7. The maximum atomic E-state index is 17.4. The summed E-state index contributed by atoms with van der Waals surface area (Å²) in [6.45, 7) is 4.28. The number of aliphatic hydroxyl groups excluding tert-OH is 1. The molecule has 9 heteroatoms. The van der Waals surface area contributed by atoms with Crippen LogP contribution in [-0.4, -0.2) is 51.5 Å². The van der Waals surface area contributed by atoms with Gasteiger partial charge in [0, 0.05) is 47.6 Å². The van der Waals surface area contributed by atoms with Gasteiger partial charge in [-0.2, -0.15) is 5.06 Å². The predicted octanol–water partition coefficient (Wildman–Crippen LogP) is 4.47. The number of hydrogen-bond donors (Lipinski definition) is 1. The Bertz CT molecular complexity index is 1180. The van der Waals surface area contributed by atoms with Crippen LogP contribution < -0.4 is 0 Å². The number of alkyl halides is 2. The third-order valence-electron chi connectivity index (χ3n) is 10.2. The topological polar surface area (TPSA) is 80.0 Å². The minimum atomic E-state index is -2.18. The summed E-state index contributed by atoms with van der Waals surface area (Å²) in [4.78, 5) is 32.1. The van der Waals surface area contributed by atoms with E-state index in [1.807, 2.05) is 13.0 Å². The van der Waals surface area contributed by atoms with Crippen molar-refractivity contribution < 1.29 is 32.7 Å². The summed E-state index contributed by atoms with van der Waals surface area (Å²) >= 11 is 6.12. The van der Waals surface area contributed by atoms with E-state index in [1.54, 1.807) is 24.5 Å². The fourth-order valence-electron chi connectivity index (χ4n) is 8.58. The molecule has 0 bridgehead atoms. The van der Waals surface area contributed by atoms with Crippen molar-refractivity contribution in [3.8, 4) is 0 Å². The number of hydroxylamine groups is 2. The van der Waals surface area contributed by atoms with E-state index >= 15 is 8.78 Å². The number of hydrogen-bond acceptors (Lipinski definition) is 6. The first-order valence-electron chi connectivity index (χ1n) is 12.5. The number of aliphatic hydroxyl groups is 1. The van der Waals surface area contributed by atoms with Crippen molar-refractivity contribution in [2.24, 2.45) is 28.6 Å². The largest absolute Gasteiger partial charge is 0.472 e. The summed E-state index contributed by atoms with van der Waals surface area (Å²) in [5.74, 6) is -2.92. The number of rotatable bonds is 4. The monoisotopic (exact) mass is 521 g/mol. The maximum absolute atomic E-state index is 17.4. The lowest BCUT2D eigenvalue weighted by Crippen LogP contribution is -2.69. The molecule has 6 nitrogen and oxygen atoms in total. The molecule has 0 spiro atoms. The van der Waals surface area contributed by atoms with E-state index in [-0.39, 0.29) is 48.2 Å². The number of Topliss-reactive ketones (excluding diaryl/α,β-unsaturated/α-hetero) is 1. The van der Waals surface area contributed by atoms with Crippen molar-refractivity contribution in [1.82, 2.24) is 5.06 Å². The first-order valence-corrected chi connectivity index (χ1v) is 13.1. The highest BCUT2D eigenvalue weighted by Crippen LogP contribution is 2.72. The van der Waals surface area contributed by atoms with Crippen molar-refractivity contribution in [2.75, 3.05) is 12.4 Å². The average Bonchev–Trinajstić information content (AvgIpc) is 3.53. The highest BCUT2D eigenvalue weighted by atomic mass is 35.5. The first-order chi connectivity index (χ1) is 17.0. The molecule has 1 saturated heterocycles. The molecule has 36 heavy (non-hydrogen) atoms. The van der Waals surface area contributed by atoms with E-state index in [1.165, 1.54) is 12.2 Å². The Labute approximate surface area is 213 Å². The van der Waals surface area contributed by atoms with Gasteiger partial charge in [0.15, 0.2) is 22.8 Å². The minimum absolute atomic E-state index is 0.0321. The summed E-state index contributed by atoms with van der Waals surface area (Å²) in [7, 11) is 0. The van der Waals surface area contributed by atoms with Gasteiger partial charge in [0.25, 0.3) is 0 Å². The van der Waals surface area contributed by atoms with Crippen LogP contribution in [0.3, 0.4) is 0 Å². The van der Waals surface area contributed by atoms with Gasteiger partial charge in [-0.05, 0) is 43.4 Å². The molecule has 0 amide bonds. The SMILES string of the molecule is C[C@]12C=CC(=O)CC1=C(F)C[C@H]1[C@@H]3C[C@H]4CN(Cc5ccoc5)O[C@@]4(C(=O)CCl)[C@@]3(C)C[C@H](O)[C@@]12F. The lowest BCUT2D eigenvalue weighted by molar-refractivity contribution is -0.265. The van der Waals surface area contributed by atoms with Crippen LogP contribution in [0.5, 0.6) is 0 Å². The normalized spacial score (nSPS) is 45.9. The van der Waals surface area contributed by atoms with Gasteiger partial charge in [-0.15, -0.1) is 11.6 Å². The highest BCUT2D eigenvalue weighted by molar-refractivity contribution is 6.29. The van der Waals surface area contributed by atoms with Gasteiger partial charge in [-0.25, -0.2) is 8.78 Å². The van der Waals surface area contributed by atoms with E-state index in [0.29, 0.717) is 19.5 Å². The van der Waals surface area contributed by atoms with Gasteiger partial charge in [0.05, 0.1) is 31.1 Å². The summed E-state index contributed by atoms with van der Waals surface area (Å²) in [5, 5.41) is 13.3. The predicted molar refractivity (Wildman–Crippen MR) is 126 cm³/mol. The van der Waals surface area contributed by atoms with Crippen molar-refractivity contribution in [1.29, 1.82) is 0 Å². The Hall–Kier alpha value is -1.87. The molecule has 0 aromatic carbocycles. The second-order valence-electron chi connectivity index (χ2n) is 11.7. The van der Waals surface area contributed by atoms with Crippen molar-refractivity contribution in [3.05, 3.63) is 47.7 Å². The fourth-order valence-corrected chi connectivity index (χ4v) is 8.77. The van der Waals surface area contributed by atoms with Gasteiger partial charge in [0.1, 0.15) is 5.83 Å². The Kier molecular flexibility index (Phi) is 5.31. The smallest absolute Gasteiger partial charge is 0.182 e. The second-order valence-corrected chi connectivity index (χ2v) is 11.9. The van der Waals surface area contributed by atoms with E-state index in [9.17, 15) is 14.7 Å². The highest BCUT2D eigenvalue weighted by Gasteiger charge is 2.79. The molecule has 2 saturated carbocycles. The lowest BCUT2D eigenvalue weighted by Gasteiger charge is -2.62. The summed E-state index contributed by atoms with van der Waals surface area (Å²) in [6, 6.07) is 1.82. The number of carbonyl (C=O) groups is 2. The van der Waals surface area contributed by atoms with Gasteiger partial charge >= 0.3 is 0 Å². The first kappa shape index (κ1) is 24.5. The quantitative estimate of drug-likeness (QED) is 0.589. The summed E-state index contributed by atoms with van der Waals surface area (Å²) in [5.41, 5.74) is -4.91. The molecule has 194 valence electrons. The Balaban J connectivity index is 1.43. The van der Waals surface area contributed by atoms with Crippen LogP contribution in [0.1, 0.15) is 45.1 Å². The standard InChI is InChI=1S/C27H30ClF2NO5/c1-24-5-3-17(32)8-20(24)21(29)9-19-18-7-16-13-31(12-15-4-6-35-14-15)36-27(16,23(34)11-28)25(18,2)10-22(33)26(19,24)30/h3-6,14,16,18-19,22,33H,7-13H2,1-2H3/t16-,18-,19-,22-,24-,25-,26-,27-/m0/s1. The van der Waals surface area contributed by atoms with E-state index in [4.69, 9.17) is 20.9 Å². The number of nitrogens with zero attached hydrogens (tertiary/aromatic N) is 1. The van der Waals surface area contributed by atoms with Crippen LogP contribution in [0.15, 0.2) is 46.6 Å². The molecular formula is C27H30ClF2NO5. The molecule has 4 aliphatic carbocycles. The molecule has 1 N–H and O–H groups in total. The number of allylic oxidation sites excluding steroid dienone is 4. The zero-order valence-corrected chi connectivity index (χ0v) is 21.1. The van der Waals surface area contributed by atoms with E-state index in [0.717, 1.165) is 5.56 Å². The van der Waals surface area contributed by atoms with Gasteiger partial charge < -0.3 is 9.52 Å².